The fraction of sp³-hybridized carbons (Fsp3) is 0.286. The van der Waals surface area contributed by atoms with Crippen LogP contribution < -0.4 is 0 Å². The molecule has 0 aliphatic heterocycles. The third-order valence-electron chi connectivity index (χ3n) is 5.41. The SMILES string of the molecule is N#Cc1cccc(-c2cn(C3CCC(F)(F)CC3)c3cc([N+](=O)[O-])ccc23)c1. The molecule has 0 amide bonds. The highest BCUT2D eigenvalue weighted by atomic mass is 19.3. The molecule has 0 unspecified atom stereocenters. The topological polar surface area (TPSA) is 71.9 Å². The summed E-state index contributed by atoms with van der Waals surface area (Å²) in [4.78, 5) is 10.8. The van der Waals surface area contributed by atoms with E-state index in [-0.39, 0.29) is 24.6 Å². The van der Waals surface area contributed by atoms with Crippen molar-refractivity contribution in [2.75, 3.05) is 0 Å². The molecule has 1 aliphatic carbocycles. The summed E-state index contributed by atoms with van der Waals surface area (Å²) in [6.07, 6.45) is 2.13. The predicted molar refractivity (Wildman–Crippen MR) is 101 cm³/mol. The van der Waals surface area contributed by atoms with Crippen LogP contribution in [-0.2, 0) is 0 Å². The van der Waals surface area contributed by atoms with Gasteiger partial charge in [-0.15, -0.1) is 0 Å². The van der Waals surface area contributed by atoms with E-state index in [4.69, 9.17) is 0 Å². The second-order valence-corrected chi connectivity index (χ2v) is 7.19. The number of benzene rings is 2. The van der Waals surface area contributed by atoms with Crippen LogP contribution in [-0.4, -0.2) is 15.4 Å². The monoisotopic (exact) mass is 381 g/mol. The van der Waals surface area contributed by atoms with E-state index in [0.29, 0.717) is 23.9 Å². The molecule has 0 radical (unpaired) electrons. The molecule has 3 aromatic rings. The Morgan fingerprint density at radius 1 is 1.18 bits per heavy atom. The Labute approximate surface area is 160 Å². The summed E-state index contributed by atoms with van der Waals surface area (Å²) >= 11 is 0. The summed E-state index contributed by atoms with van der Waals surface area (Å²) in [6, 6.07) is 13.7. The Hall–Kier alpha value is -3.27. The summed E-state index contributed by atoms with van der Waals surface area (Å²) in [6.45, 7) is 0. The van der Waals surface area contributed by atoms with E-state index in [1.54, 1.807) is 24.3 Å². The highest BCUT2D eigenvalue weighted by Crippen LogP contribution is 2.42. The van der Waals surface area contributed by atoms with E-state index >= 15 is 0 Å². The molecule has 28 heavy (non-hydrogen) atoms. The van der Waals surface area contributed by atoms with Gasteiger partial charge in [0, 0.05) is 48.2 Å². The lowest BCUT2D eigenvalue weighted by molar-refractivity contribution is -0.384. The lowest BCUT2D eigenvalue weighted by atomic mass is 9.92. The smallest absolute Gasteiger partial charge is 0.271 e. The summed E-state index contributed by atoms with van der Waals surface area (Å²) in [7, 11) is 0. The van der Waals surface area contributed by atoms with Crippen molar-refractivity contribution in [1.82, 2.24) is 4.57 Å². The second-order valence-electron chi connectivity index (χ2n) is 7.19. The van der Waals surface area contributed by atoms with Crippen LogP contribution in [0.15, 0.2) is 48.7 Å². The highest BCUT2D eigenvalue weighted by Gasteiger charge is 2.36. The Morgan fingerprint density at radius 2 is 1.93 bits per heavy atom. The number of nitro benzene ring substituents is 1. The number of alkyl halides is 2. The Balaban J connectivity index is 1.87. The summed E-state index contributed by atoms with van der Waals surface area (Å²) in [5, 5.41) is 21.2. The zero-order valence-electron chi connectivity index (χ0n) is 14.9. The number of nitrogens with zero attached hydrogens (tertiary/aromatic N) is 3. The van der Waals surface area contributed by atoms with Gasteiger partial charge in [-0.2, -0.15) is 5.26 Å². The minimum Gasteiger partial charge on any atom is -0.344 e. The fourth-order valence-corrected chi connectivity index (χ4v) is 3.94. The molecule has 0 saturated heterocycles. The number of aromatic nitrogens is 1. The van der Waals surface area contributed by atoms with E-state index in [0.717, 1.165) is 16.5 Å². The van der Waals surface area contributed by atoms with Crippen molar-refractivity contribution in [2.24, 2.45) is 0 Å². The van der Waals surface area contributed by atoms with Gasteiger partial charge in [0.15, 0.2) is 0 Å². The molecule has 1 heterocycles. The molecule has 5 nitrogen and oxygen atoms in total. The number of non-ortho nitro benzene ring substituents is 1. The summed E-state index contributed by atoms with van der Waals surface area (Å²) in [5.74, 6) is -2.64. The molecular formula is C21H17F2N3O2. The van der Waals surface area contributed by atoms with Crippen molar-refractivity contribution < 1.29 is 13.7 Å². The van der Waals surface area contributed by atoms with Crippen LogP contribution in [0.2, 0.25) is 0 Å². The largest absolute Gasteiger partial charge is 0.344 e. The Bertz CT molecular complexity index is 1100. The van der Waals surface area contributed by atoms with Gasteiger partial charge in [0.2, 0.25) is 5.92 Å². The molecule has 142 valence electrons. The van der Waals surface area contributed by atoms with Gasteiger partial charge in [-0.3, -0.25) is 10.1 Å². The predicted octanol–water partition coefficient (Wildman–Crippen LogP) is 5.84. The zero-order valence-corrected chi connectivity index (χ0v) is 14.9. The Morgan fingerprint density at radius 3 is 2.61 bits per heavy atom. The molecule has 1 saturated carbocycles. The quantitative estimate of drug-likeness (QED) is 0.423. The number of nitriles is 1. The van der Waals surface area contributed by atoms with Gasteiger partial charge in [-0.25, -0.2) is 8.78 Å². The molecule has 4 rings (SSSR count). The summed E-state index contributed by atoms with van der Waals surface area (Å²) in [5.41, 5.74) is 2.78. The van der Waals surface area contributed by atoms with Crippen molar-refractivity contribution in [3.05, 3.63) is 64.3 Å². The maximum Gasteiger partial charge on any atom is 0.271 e. The van der Waals surface area contributed by atoms with Gasteiger partial charge in [-0.1, -0.05) is 12.1 Å². The van der Waals surface area contributed by atoms with Gasteiger partial charge < -0.3 is 4.57 Å². The van der Waals surface area contributed by atoms with Crippen LogP contribution in [0.5, 0.6) is 0 Å². The lowest BCUT2D eigenvalue weighted by Crippen LogP contribution is -2.26. The molecule has 0 atom stereocenters. The first kappa shape index (κ1) is 18.1. The van der Waals surface area contributed by atoms with Gasteiger partial charge >= 0.3 is 0 Å². The second kappa shape index (κ2) is 6.71. The number of nitro groups is 1. The summed E-state index contributed by atoms with van der Waals surface area (Å²) < 4.78 is 29.1. The average Bonchev–Trinajstić information content (AvgIpc) is 3.07. The van der Waals surface area contributed by atoms with E-state index in [1.165, 1.54) is 12.1 Å². The van der Waals surface area contributed by atoms with E-state index in [9.17, 15) is 24.2 Å². The van der Waals surface area contributed by atoms with E-state index < -0.39 is 10.8 Å². The van der Waals surface area contributed by atoms with Crippen molar-refractivity contribution in [1.29, 1.82) is 5.26 Å². The molecule has 0 bridgehead atoms. The third kappa shape index (κ3) is 3.22. The average molecular weight is 381 g/mol. The van der Waals surface area contributed by atoms with Crippen molar-refractivity contribution in [2.45, 2.75) is 37.6 Å². The molecule has 2 aromatic carbocycles. The number of rotatable bonds is 3. The van der Waals surface area contributed by atoms with E-state index in [2.05, 4.69) is 6.07 Å². The molecule has 1 fully saturated rings. The first-order chi connectivity index (χ1) is 13.4. The van der Waals surface area contributed by atoms with Crippen LogP contribution in [0.25, 0.3) is 22.0 Å². The van der Waals surface area contributed by atoms with Crippen molar-refractivity contribution in [3.63, 3.8) is 0 Å². The molecule has 7 heteroatoms. The Kier molecular flexibility index (Phi) is 4.34. The zero-order chi connectivity index (χ0) is 19.9. The van der Waals surface area contributed by atoms with Crippen molar-refractivity contribution in [3.8, 4) is 17.2 Å². The minimum atomic E-state index is -2.64. The van der Waals surface area contributed by atoms with Gasteiger partial charge in [-0.05, 0) is 36.6 Å². The minimum absolute atomic E-state index is 0.0367. The third-order valence-corrected chi connectivity index (χ3v) is 5.41. The number of hydrogen-bond donors (Lipinski definition) is 0. The molecule has 1 aliphatic rings. The van der Waals surface area contributed by atoms with Gasteiger partial charge in [0.25, 0.3) is 5.69 Å². The lowest BCUT2D eigenvalue weighted by Gasteiger charge is -2.29. The number of hydrogen-bond acceptors (Lipinski definition) is 3. The first-order valence-corrected chi connectivity index (χ1v) is 9.05. The van der Waals surface area contributed by atoms with Crippen LogP contribution in [0.1, 0.15) is 37.3 Å². The number of fused-ring (bicyclic) bond motifs is 1. The standard InChI is InChI=1S/C21H17F2N3O2/c22-21(23)8-6-16(7-9-21)25-13-19(15-3-1-2-14(10-15)12-24)18-5-4-17(26(27)28)11-20(18)25/h1-5,10-11,13,16H,6-9H2. The van der Waals surface area contributed by atoms with Crippen molar-refractivity contribution >= 4 is 16.6 Å². The maximum absolute atomic E-state index is 13.6. The van der Waals surface area contributed by atoms with Crippen LogP contribution in [0, 0.1) is 21.4 Å². The van der Waals surface area contributed by atoms with Gasteiger partial charge in [0.05, 0.1) is 22.1 Å². The highest BCUT2D eigenvalue weighted by molar-refractivity contribution is 5.97. The molecule has 0 spiro atoms. The molecule has 0 N–H and O–H groups in total. The number of halogens is 2. The fourth-order valence-electron chi connectivity index (χ4n) is 3.94. The maximum atomic E-state index is 13.6. The van der Waals surface area contributed by atoms with Crippen LogP contribution >= 0.6 is 0 Å². The van der Waals surface area contributed by atoms with Gasteiger partial charge in [0.1, 0.15) is 0 Å². The van der Waals surface area contributed by atoms with Crippen LogP contribution in [0.4, 0.5) is 14.5 Å². The molecular weight excluding hydrogens is 364 g/mol. The van der Waals surface area contributed by atoms with Crippen LogP contribution in [0.3, 0.4) is 0 Å². The molecule has 1 aromatic heterocycles. The first-order valence-electron chi connectivity index (χ1n) is 9.05. The normalized spacial score (nSPS) is 16.8. The van der Waals surface area contributed by atoms with E-state index in [1.807, 2.05) is 16.8 Å².